The van der Waals surface area contributed by atoms with Gasteiger partial charge < -0.3 is 11.1 Å². The van der Waals surface area contributed by atoms with Crippen molar-refractivity contribution in [2.24, 2.45) is 0 Å². The van der Waals surface area contributed by atoms with Gasteiger partial charge in [-0.25, -0.2) is 8.78 Å². The van der Waals surface area contributed by atoms with Crippen LogP contribution >= 0.6 is 0 Å². The van der Waals surface area contributed by atoms with Crippen LogP contribution in [0.25, 0.3) is 0 Å². The van der Waals surface area contributed by atoms with Crippen LogP contribution in [0.2, 0.25) is 0 Å². The number of amides is 1. The predicted octanol–water partition coefficient (Wildman–Crippen LogP) is 2.28. The summed E-state index contributed by atoms with van der Waals surface area (Å²) >= 11 is 0. The van der Waals surface area contributed by atoms with Gasteiger partial charge in [0.15, 0.2) is 5.82 Å². The molecule has 0 aliphatic heterocycles. The highest BCUT2D eigenvalue weighted by molar-refractivity contribution is 5.94. The van der Waals surface area contributed by atoms with Gasteiger partial charge in [0, 0.05) is 12.6 Å². The van der Waals surface area contributed by atoms with Crippen molar-refractivity contribution in [1.29, 1.82) is 5.26 Å². The van der Waals surface area contributed by atoms with E-state index in [1.807, 2.05) is 6.07 Å². The van der Waals surface area contributed by atoms with Gasteiger partial charge in [0.25, 0.3) is 5.91 Å². The van der Waals surface area contributed by atoms with Crippen LogP contribution in [-0.2, 0) is 6.42 Å². The minimum Gasteiger partial charge on any atom is -0.381 e. The van der Waals surface area contributed by atoms with Crippen LogP contribution in [0.5, 0.6) is 0 Å². The van der Waals surface area contributed by atoms with E-state index in [9.17, 15) is 13.6 Å². The molecule has 2 rings (SSSR count). The molecule has 1 aromatic heterocycles. The Hall–Kier alpha value is -2.95. The number of nitrogen functional groups attached to an aromatic ring is 1. The molecule has 0 atom stereocenters. The number of hydrogen-bond donors (Lipinski definition) is 3. The minimum atomic E-state index is -0.881. The van der Waals surface area contributed by atoms with Gasteiger partial charge in [0.05, 0.1) is 11.3 Å². The molecule has 0 aliphatic rings. The zero-order valence-corrected chi connectivity index (χ0v) is 12.9. The van der Waals surface area contributed by atoms with Gasteiger partial charge >= 0.3 is 0 Å². The summed E-state index contributed by atoms with van der Waals surface area (Å²) in [5, 5.41) is 18.0. The fourth-order valence-corrected chi connectivity index (χ4v) is 2.27. The molecule has 0 fully saturated rings. The first-order chi connectivity index (χ1) is 11.5. The van der Waals surface area contributed by atoms with Crippen LogP contribution in [-0.4, -0.2) is 22.6 Å². The van der Waals surface area contributed by atoms with E-state index in [2.05, 4.69) is 15.5 Å². The number of rotatable bonds is 7. The second kappa shape index (κ2) is 8.06. The quantitative estimate of drug-likeness (QED) is 0.676. The molecule has 1 amide bonds. The summed E-state index contributed by atoms with van der Waals surface area (Å²) in [5.41, 5.74) is 6.44. The zero-order chi connectivity index (χ0) is 17.5. The number of carbonyl (C=O) groups excluding carboxylic acids is 1. The predicted molar refractivity (Wildman–Crippen MR) is 84.0 cm³/mol. The number of halogens is 2. The maximum Gasteiger partial charge on any atom is 0.254 e. The van der Waals surface area contributed by atoms with E-state index >= 15 is 0 Å². The lowest BCUT2D eigenvalue weighted by Gasteiger charge is -2.06. The third kappa shape index (κ3) is 4.29. The summed E-state index contributed by atoms with van der Waals surface area (Å²) in [6, 6.07) is 4.84. The first kappa shape index (κ1) is 17.4. The Morgan fingerprint density at radius 1 is 1.33 bits per heavy atom. The van der Waals surface area contributed by atoms with Crippen LogP contribution < -0.4 is 11.1 Å². The van der Waals surface area contributed by atoms with Crippen LogP contribution in [0.15, 0.2) is 18.2 Å². The molecule has 2 aromatic rings. The molecule has 8 heteroatoms. The summed E-state index contributed by atoms with van der Waals surface area (Å²) in [4.78, 5) is 11.8. The van der Waals surface area contributed by atoms with E-state index < -0.39 is 17.5 Å². The van der Waals surface area contributed by atoms with E-state index in [-0.39, 0.29) is 11.4 Å². The van der Waals surface area contributed by atoms with Gasteiger partial charge in [0.2, 0.25) is 0 Å². The first-order valence-corrected chi connectivity index (χ1v) is 7.49. The molecule has 1 aromatic carbocycles. The molecule has 24 heavy (non-hydrogen) atoms. The van der Waals surface area contributed by atoms with Gasteiger partial charge in [-0.15, -0.1) is 0 Å². The molecular weight excluding hydrogens is 316 g/mol. The summed E-state index contributed by atoms with van der Waals surface area (Å²) in [6.07, 6.45) is 2.92. The normalized spacial score (nSPS) is 10.4. The largest absolute Gasteiger partial charge is 0.381 e. The topological polar surface area (TPSA) is 108 Å². The van der Waals surface area contributed by atoms with Gasteiger partial charge in [0.1, 0.15) is 23.3 Å². The van der Waals surface area contributed by atoms with Crippen molar-refractivity contribution in [3.05, 3.63) is 46.7 Å². The molecule has 0 spiro atoms. The number of benzene rings is 1. The molecule has 0 saturated carbocycles. The van der Waals surface area contributed by atoms with Gasteiger partial charge in [-0.3, -0.25) is 9.89 Å². The highest BCUT2D eigenvalue weighted by Gasteiger charge is 2.12. The van der Waals surface area contributed by atoms with Crippen molar-refractivity contribution >= 4 is 11.7 Å². The Kier molecular flexibility index (Phi) is 5.84. The van der Waals surface area contributed by atoms with Gasteiger partial charge in [-0.1, -0.05) is 6.42 Å². The molecule has 0 unspecified atom stereocenters. The second-order valence-electron chi connectivity index (χ2n) is 5.26. The van der Waals surface area contributed by atoms with Crippen molar-refractivity contribution in [1.82, 2.24) is 15.5 Å². The highest BCUT2D eigenvalue weighted by Crippen LogP contribution is 2.14. The van der Waals surface area contributed by atoms with E-state index in [4.69, 9.17) is 11.0 Å². The Morgan fingerprint density at radius 2 is 2.12 bits per heavy atom. The SMILES string of the molecule is N#Cc1c(N)n[nH]c1CCCCCNC(=O)c1ccc(F)cc1F. The molecule has 0 bridgehead atoms. The van der Waals surface area contributed by atoms with Crippen molar-refractivity contribution in [2.75, 3.05) is 12.3 Å². The Labute approximate surface area is 137 Å². The number of nitrogens with two attached hydrogens (primary N) is 1. The van der Waals surface area contributed by atoms with Crippen LogP contribution in [0.4, 0.5) is 14.6 Å². The average Bonchev–Trinajstić information content (AvgIpc) is 2.90. The number of aromatic amines is 1. The number of nitrogens with zero attached hydrogens (tertiary/aromatic N) is 2. The zero-order valence-electron chi connectivity index (χ0n) is 12.9. The number of aromatic nitrogens is 2. The van der Waals surface area contributed by atoms with Crippen molar-refractivity contribution in [2.45, 2.75) is 25.7 Å². The Balaban J connectivity index is 1.70. The van der Waals surface area contributed by atoms with E-state index in [1.54, 1.807) is 0 Å². The molecule has 6 nitrogen and oxygen atoms in total. The molecular formula is C16H17F2N5O. The highest BCUT2D eigenvalue weighted by atomic mass is 19.1. The third-order valence-corrected chi connectivity index (χ3v) is 3.55. The lowest BCUT2D eigenvalue weighted by Crippen LogP contribution is -2.25. The second-order valence-corrected chi connectivity index (χ2v) is 5.26. The monoisotopic (exact) mass is 333 g/mol. The average molecular weight is 333 g/mol. The van der Waals surface area contributed by atoms with Crippen molar-refractivity contribution in [3.8, 4) is 6.07 Å². The fraction of sp³-hybridized carbons (Fsp3) is 0.312. The van der Waals surface area contributed by atoms with Crippen molar-refractivity contribution < 1.29 is 13.6 Å². The van der Waals surface area contributed by atoms with Gasteiger partial charge in [-0.2, -0.15) is 10.4 Å². The standard InChI is InChI=1S/C16H17F2N5O/c17-10-5-6-11(13(18)8-10)16(24)21-7-3-1-2-4-14-12(9-19)15(20)23-22-14/h5-6,8H,1-4,7H2,(H,21,24)(H3,20,22,23). The molecule has 1 heterocycles. The maximum absolute atomic E-state index is 13.4. The smallest absolute Gasteiger partial charge is 0.254 e. The fourth-order valence-electron chi connectivity index (χ4n) is 2.27. The Morgan fingerprint density at radius 3 is 2.83 bits per heavy atom. The number of aryl methyl sites for hydroxylation is 1. The molecule has 0 aliphatic carbocycles. The van der Waals surface area contributed by atoms with Crippen LogP contribution in [0.3, 0.4) is 0 Å². The summed E-state index contributed by atoms with van der Waals surface area (Å²) in [5.74, 6) is -1.98. The molecule has 126 valence electrons. The number of hydrogen-bond acceptors (Lipinski definition) is 4. The Bertz CT molecular complexity index is 766. The number of H-pyrrole nitrogens is 1. The van der Waals surface area contributed by atoms with Crippen LogP contribution in [0, 0.1) is 23.0 Å². The third-order valence-electron chi connectivity index (χ3n) is 3.55. The summed E-state index contributed by atoms with van der Waals surface area (Å²) in [7, 11) is 0. The lowest BCUT2D eigenvalue weighted by molar-refractivity contribution is 0.0949. The maximum atomic E-state index is 13.4. The number of unbranched alkanes of at least 4 members (excludes halogenated alkanes) is 2. The van der Waals surface area contributed by atoms with E-state index in [0.717, 1.165) is 25.0 Å². The molecule has 4 N–H and O–H groups in total. The summed E-state index contributed by atoms with van der Waals surface area (Å²) < 4.78 is 26.2. The minimum absolute atomic E-state index is 0.178. The van der Waals surface area contributed by atoms with Gasteiger partial charge in [-0.05, 0) is 31.4 Å². The number of anilines is 1. The number of carbonyl (C=O) groups is 1. The van der Waals surface area contributed by atoms with E-state index in [0.29, 0.717) is 36.7 Å². The molecule has 0 saturated heterocycles. The van der Waals surface area contributed by atoms with Crippen molar-refractivity contribution in [3.63, 3.8) is 0 Å². The number of nitrogens with one attached hydrogen (secondary N) is 2. The first-order valence-electron chi connectivity index (χ1n) is 7.49. The van der Waals surface area contributed by atoms with E-state index in [1.165, 1.54) is 0 Å². The number of nitriles is 1. The lowest BCUT2D eigenvalue weighted by atomic mass is 10.1. The molecule has 0 radical (unpaired) electrons. The summed E-state index contributed by atoms with van der Waals surface area (Å²) in [6.45, 7) is 0.381. The van der Waals surface area contributed by atoms with Crippen LogP contribution in [0.1, 0.15) is 40.9 Å².